The third-order valence-corrected chi connectivity index (χ3v) is 10.3. The number of hydrogen-bond donors (Lipinski definition) is 4. The van der Waals surface area contributed by atoms with E-state index in [4.69, 9.17) is 38.9 Å². The Morgan fingerprint density at radius 2 is 0.609 bits per heavy atom. The number of anilines is 4. The molecule has 14 nitrogen and oxygen atoms in total. The summed E-state index contributed by atoms with van der Waals surface area (Å²) in [6, 6.07) is 15.2. The molecule has 69 heavy (non-hydrogen) atoms. The van der Waals surface area contributed by atoms with Gasteiger partial charge in [0.2, 0.25) is 0 Å². The molecular weight excluding hydrogens is 877 g/mol. The maximum atomic E-state index is 13.5. The molecule has 4 aromatic rings. The highest BCUT2D eigenvalue weighted by Gasteiger charge is 2.27. The van der Waals surface area contributed by atoms with E-state index in [-0.39, 0.29) is 12.8 Å². The molecule has 0 aliphatic heterocycles. The first-order valence-corrected chi connectivity index (χ1v) is 24.4. The van der Waals surface area contributed by atoms with E-state index in [9.17, 15) is 14.4 Å². The first-order valence-electron chi connectivity index (χ1n) is 24.4. The lowest BCUT2D eigenvalue weighted by Crippen LogP contribution is -2.27. The van der Waals surface area contributed by atoms with Crippen LogP contribution in [0.2, 0.25) is 0 Å². The monoisotopic (exact) mass is 953 g/mol. The van der Waals surface area contributed by atoms with Crippen LogP contribution in [0.3, 0.4) is 0 Å². The number of nitrogens with one attached hydrogen (secondary N) is 3. The molecule has 0 radical (unpaired) electrons. The Morgan fingerprint density at radius 3 is 0.797 bits per heavy atom. The fraction of sp³-hybridized carbons (Fsp3) is 0.509. The lowest BCUT2D eigenvalue weighted by molar-refractivity contribution is 0.0624. The summed E-state index contributed by atoms with van der Waals surface area (Å²) < 4.78 is 44.1. The van der Waals surface area contributed by atoms with Gasteiger partial charge in [-0.15, -0.1) is 0 Å². The molecule has 3 amide bonds. The Bertz CT molecular complexity index is 2300. The summed E-state index contributed by atoms with van der Waals surface area (Å²) in [7, 11) is 0. The summed E-state index contributed by atoms with van der Waals surface area (Å²) >= 11 is 0. The summed E-state index contributed by atoms with van der Waals surface area (Å²) in [6.07, 6.45) is 2.21. The van der Waals surface area contributed by atoms with Crippen LogP contribution in [0, 0.1) is 0 Å². The van der Waals surface area contributed by atoms with Crippen molar-refractivity contribution in [1.82, 2.24) is 0 Å². The summed E-state index contributed by atoms with van der Waals surface area (Å²) in [5, 5.41) is 8.98. The van der Waals surface area contributed by atoms with E-state index >= 15 is 0 Å². The topological polar surface area (TPSA) is 178 Å². The number of nitrogen functional groups attached to an aromatic ring is 1. The molecule has 0 spiro atoms. The Labute approximate surface area is 409 Å². The molecule has 0 atom stereocenters. The molecule has 1 aliphatic carbocycles. The Morgan fingerprint density at radius 1 is 0.406 bits per heavy atom. The Balaban J connectivity index is 1.93. The maximum Gasteiger partial charge on any atom is 0.412 e. The van der Waals surface area contributed by atoms with Gasteiger partial charge in [-0.25, -0.2) is 14.4 Å². The fourth-order valence-corrected chi connectivity index (χ4v) is 7.95. The zero-order valence-corrected chi connectivity index (χ0v) is 43.3. The second-order valence-electron chi connectivity index (χ2n) is 20.5. The number of carbonyl (C=O) groups excluding carboxylic acids is 3. The first-order chi connectivity index (χ1) is 32.5. The van der Waals surface area contributed by atoms with Gasteiger partial charge in [0, 0.05) is 92.9 Å². The molecule has 376 valence electrons. The molecule has 0 aromatic heterocycles. The molecule has 5 N–H and O–H groups in total. The van der Waals surface area contributed by atoms with E-state index in [1.807, 2.05) is 132 Å². The number of ether oxygens (including phenoxy) is 7. The average Bonchev–Trinajstić information content (AvgIpc) is 3.20. The van der Waals surface area contributed by atoms with Gasteiger partial charge < -0.3 is 38.9 Å². The van der Waals surface area contributed by atoms with E-state index in [0.29, 0.717) is 91.4 Å². The van der Waals surface area contributed by atoms with Gasteiger partial charge in [-0.2, -0.15) is 0 Å². The summed E-state index contributed by atoms with van der Waals surface area (Å²) in [5.74, 6) is 2.54. The van der Waals surface area contributed by atoms with Crippen LogP contribution in [0.4, 0.5) is 37.1 Å². The molecule has 0 heterocycles. The molecule has 0 saturated carbocycles. The lowest BCUT2D eigenvalue weighted by atomic mass is 9.90. The van der Waals surface area contributed by atoms with Gasteiger partial charge in [-0.1, -0.05) is 27.7 Å². The molecule has 8 bridgehead atoms. The van der Waals surface area contributed by atoms with Gasteiger partial charge in [0.05, 0.1) is 26.4 Å². The van der Waals surface area contributed by atoms with Crippen LogP contribution in [0.15, 0.2) is 48.5 Å². The first kappa shape index (κ1) is 53.6. The van der Waals surface area contributed by atoms with Crippen LogP contribution >= 0.6 is 0 Å². The third kappa shape index (κ3) is 16.1. The van der Waals surface area contributed by atoms with Gasteiger partial charge in [0.15, 0.2) is 0 Å². The predicted octanol–water partition coefficient (Wildman–Crippen LogP) is 13.1. The van der Waals surface area contributed by atoms with E-state index < -0.39 is 35.1 Å². The van der Waals surface area contributed by atoms with E-state index in [2.05, 4.69) is 22.9 Å². The number of fused-ring (bicyclic) bond motifs is 8. The van der Waals surface area contributed by atoms with Gasteiger partial charge in [-0.3, -0.25) is 16.0 Å². The van der Waals surface area contributed by atoms with Crippen molar-refractivity contribution in [3.8, 4) is 23.0 Å². The largest absolute Gasteiger partial charge is 0.493 e. The van der Waals surface area contributed by atoms with Crippen molar-refractivity contribution in [3.63, 3.8) is 0 Å². The highest BCUT2D eigenvalue weighted by molar-refractivity contribution is 5.87. The van der Waals surface area contributed by atoms with E-state index in [1.54, 1.807) is 0 Å². The van der Waals surface area contributed by atoms with Crippen LogP contribution in [0.1, 0.15) is 160 Å². The quantitative estimate of drug-likeness (QED) is 0.0580. The highest BCUT2D eigenvalue weighted by atomic mass is 16.6. The van der Waals surface area contributed by atoms with Crippen molar-refractivity contribution >= 4 is 41.0 Å². The third-order valence-electron chi connectivity index (χ3n) is 10.3. The number of benzene rings is 4. The number of nitrogens with two attached hydrogens (primary N) is 1. The zero-order chi connectivity index (χ0) is 50.7. The molecule has 4 aromatic carbocycles. The molecule has 0 unspecified atom stereocenters. The molecular formula is C55H76N4O10. The van der Waals surface area contributed by atoms with E-state index in [0.717, 1.165) is 63.8 Å². The number of hydrogen-bond acceptors (Lipinski definition) is 11. The van der Waals surface area contributed by atoms with Crippen molar-refractivity contribution in [2.75, 3.05) is 48.1 Å². The van der Waals surface area contributed by atoms with Crippen LogP contribution in [-0.2, 0) is 39.9 Å². The standard InChI is InChI=1S/C55H76N4O10/c1-14-18-63-46-34-22-36-28-43(57-50(60)67-53(5,6)7)30-38(47(36)64-19-15-2)24-40-32-45(59-52(62)69-55(11,12)13)33-41(49(40)66-21-17-4)25-39-31-44(58-51(61)68-54(8,9)10)29-37(48(39)65-20-16-3)23-35(46)27-42(56)26-34/h26-33H,14-25,56H2,1-13H3,(H,57,60)(H,58,61)(H,59,62). The summed E-state index contributed by atoms with van der Waals surface area (Å²) in [6.45, 7) is 26.2. The highest BCUT2D eigenvalue weighted by Crippen LogP contribution is 2.43. The minimum Gasteiger partial charge on any atom is -0.493 e. The van der Waals surface area contributed by atoms with Crippen molar-refractivity contribution in [3.05, 3.63) is 93.0 Å². The molecule has 0 fully saturated rings. The SMILES string of the molecule is CCCOc1c2cc(N)cc1Cc1cc(NC(=O)OC(C)(C)C)cc(c1OCCC)Cc1cc(NC(=O)OC(C)(C)C)cc(c1OCCC)Cc1cc(NC(=O)OC(C)(C)C)cc(c1OCCC)C2. The van der Waals surface area contributed by atoms with Crippen molar-refractivity contribution in [2.24, 2.45) is 0 Å². The molecule has 14 heteroatoms. The Hall–Kier alpha value is -6.31. The molecule has 5 rings (SSSR count). The second kappa shape index (κ2) is 23.3. The zero-order valence-electron chi connectivity index (χ0n) is 43.3. The van der Waals surface area contributed by atoms with Crippen LogP contribution in [-0.4, -0.2) is 61.5 Å². The van der Waals surface area contributed by atoms with Crippen molar-refractivity contribution in [1.29, 1.82) is 0 Å². The number of rotatable bonds is 15. The van der Waals surface area contributed by atoms with Crippen molar-refractivity contribution in [2.45, 2.75) is 158 Å². The normalized spacial score (nSPS) is 12.6. The van der Waals surface area contributed by atoms with Crippen LogP contribution in [0.25, 0.3) is 0 Å². The van der Waals surface area contributed by atoms with Crippen LogP contribution < -0.4 is 40.6 Å². The number of carbonyl (C=O) groups is 3. The average molecular weight is 953 g/mol. The summed E-state index contributed by atoms with van der Waals surface area (Å²) in [5.41, 5.74) is 12.7. The minimum absolute atomic E-state index is 0.248. The fourth-order valence-electron chi connectivity index (χ4n) is 7.95. The van der Waals surface area contributed by atoms with Gasteiger partial charge in [0.1, 0.15) is 39.8 Å². The smallest absolute Gasteiger partial charge is 0.412 e. The minimum atomic E-state index is -0.762. The maximum absolute atomic E-state index is 13.5. The van der Waals surface area contributed by atoms with Gasteiger partial charge >= 0.3 is 18.3 Å². The molecule has 1 aliphatic rings. The second-order valence-corrected chi connectivity index (χ2v) is 20.5. The lowest BCUT2D eigenvalue weighted by Gasteiger charge is -2.25. The van der Waals surface area contributed by atoms with Crippen LogP contribution in [0.5, 0.6) is 23.0 Å². The van der Waals surface area contributed by atoms with Gasteiger partial charge in [-0.05, 0) is 137 Å². The molecule has 0 saturated heterocycles. The Kier molecular flexibility index (Phi) is 18.1. The number of amides is 3. The van der Waals surface area contributed by atoms with E-state index in [1.165, 1.54) is 0 Å². The predicted molar refractivity (Wildman–Crippen MR) is 274 cm³/mol. The van der Waals surface area contributed by atoms with Gasteiger partial charge in [0.25, 0.3) is 0 Å². The summed E-state index contributed by atoms with van der Waals surface area (Å²) in [4.78, 5) is 40.5. The van der Waals surface area contributed by atoms with Crippen molar-refractivity contribution < 1.29 is 47.5 Å².